The minimum Gasteiger partial charge on any atom is -0.437 e. The number of nitrogen functional groups attached to an aromatic ring is 1. The number of aryl methyl sites for hydroxylation is 1. The third-order valence-electron chi connectivity index (χ3n) is 2.13. The van der Waals surface area contributed by atoms with Gasteiger partial charge < -0.3 is 10.5 Å². The summed E-state index contributed by atoms with van der Waals surface area (Å²) in [6, 6.07) is 8.91. The zero-order valence-corrected chi connectivity index (χ0v) is 9.53. The predicted octanol–water partition coefficient (Wildman–Crippen LogP) is 3.42. The summed E-state index contributed by atoms with van der Waals surface area (Å²) in [5.74, 6) is 1.10. The summed E-state index contributed by atoms with van der Waals surface area (Å²) in [5.41, 5.74) is 7.31. The van der Waals surface area contributed by atoms with Gasteiger partial charge in [0, 0.05) is 11.9 Å². The minimum absolute atomic E-state index is 0.400. The molecular formula is C12H11ClN2O. The molecular weight excluding hydrogens is 224 g/mol. The Hall–Kier alpha value is -1.74. The Morgan fingerprint density at radius 1 is 1.31 bits per heavy atom. The van der Waals surface area contributed by atoms with E-state index in [9.17, 15) is 0 Å². The van der Waals surface area contributed by atoms with Crippen LogP contribution < -0.4 is 10.5 Å². The number of anilines is 1. The fourth-order valence-corrected chi connectivity index (χ4v) is 1.50. The number of pyridine rings is 1. The average Bonchev–Trinajstić information content (AvgIpc) is 2.25. The van der Waals surface area contributed by atoms with Gasteiger partial charge in [-0.15, -0.1) is 0 Å². The van der Waals surface area contributed by atoms with Crippen molar-refractivity contribution in [3.05, 3.63) is 47.1 Å². The van der Waals surface area contributed by atoms with Gasteiger partial charge >= 0.3 is 0 Å². The van der Waals surface area contributed by atoms with Crippen molar-refractivity contribution in [2.45, 2.75) is 6.92 Å². The number of ether oxygens (including phenoxy) is 1. The van der Waals surface area contributed by atoms with Gasteiger partial charge in [0.15, 0.2) is 0 Å². The lowest BCUT2D eigenvalue weighted by Gasteiger charge is -2.09. The summed E-state index contributed by atoms with van der Waals surface area (Å²) < 4.78 is 5.60. The highest BCUT2D eigenvalue weighted by Gasteiger charge is 2.05. The number of halogens is 1. The molecule has 1 aromatic carbocycles. The van der Waals surface area contributed by atoms with Crippen LogP contribution >= 0.6 is 11.6 Å². The van der Waals surface area contributed by atoms with Crippen LogP contribution in [0, 0.1) is 6.92 Å². The monoisotopic (exact) mass is 234 g/mol. The Balaban J connectivity index is 2.31. The summed E-state index contributed by atoms with van der Waals surface area (Å²) in [5, 5.41) is 0.485. The number of nitrogens with two attached hydrogens (primary N) is 1. The second kappa shape index (κ2) is 4.41. The molecule has 3 nitrogen and oxygen atoms in total. The highest BCUT2D eigenvalue weighted by molar-refractivity contribution is 6.31. The van der Waals surface area contributed by atoms with Crippen molar-refractivity contribution in [3.63, 3.8) is 0 Å². The molecule has 2 rings (SSSR count). The quantitative estimate of drug-likeness (QED) is 0.810. The van der Waals surface area contributed by atoms with E-state index < -0.39 is 0 Å². The molecule has 0 saturated carbocycles. The molecule has 82 valence electrons. The van der Waals surface area contributed by atoms with Crippen LogP contribution in [0.2, 0.25) is 5.02 Å². The van der Waals surface area contributed by atoms with Gasteiger partial charge in [0.25, 0.3) is 0 Å². The average molecular weight is 235 g/mol. The third-order valence-corrected chi connectivity index (χ3v) is 2.42. The second-order valence-corrected chi connectivity index (χ2v) is 3.82. The highest BCUT2D eigenvalue weighted by atomic mass is 35.5. The molecule has 0 aliphatic heterocycles. The Kier molecular flexibility index (Phi) is 2.97. The van der Waals surface area contributed by atoms with Gasteiger partial charge in [-0.25, -0.2) is 4.98 Å². The Morgan fingerprint density at radius 2 is 2.12 bits per heavy atom. The van der Waals surface area contributed by atoms with Crippen molar-refractivity contribution in [2.24, 2.45) is 0 Å². The van der Waals surface area contributed by atoms with Crippen molar-refractivity contribution in [2.75, 3.05) is 5.73 Å². The number of benzene rings is 1. The van der Waals surface area contributed by atoms with Crippen molar-refractivity contribution in [3.8, 4) is 11.6 Å². The minimum atomic E-state index is 0.400. The zero-order chi connectivity index (χ0) is 11.5. The van der Waals surface area contributed by atoms with E-state index >= 15 is 0 Å². The summed E-state index contributed by atoms with van der Waals surface area (Å²) in [6.07, 6.45) is 1.63. The smallest absolute Gasteiger partial charge is 0.238 e. The van der Waals surface area contributed by atoms with E-state index in [2.05, 4.69) is 4.98 Å². The molecule has 16 heavy (non-hydrogen) atoms. The lowest BCUT2D eigenvalue weighted by molar-refractivity contribution is 0.460. The largest absolute Gasteiger partial charge is 0.437 e. The number of hydrogen-bond acceptors (Lipinski definition) is 3. The molecule has 1 aromatic heterocycles. The van der Waals surface area contributed by atoms with Crippen LogP contribution in [0.3, 0.4) is 0 Å². The fraction of sp³-hybridized carbons (Fsp3) is 0.0833. The van der Waals surface area contributed by atoms with Crippen LogP contribution in [0.1, 0.15) is 5.56 Å². The molecule has 0 radical (unpaired) electrons. The van der Waals surface area contributed by atoms with Gasteiger partial charge in [-0.05, 0) is 42.8 Å². The van der Waals surface area contributed by atoms with E-state index in [1.54, 1.807) is 30.5 Å². The van der Waals surface area contributed by atoms with Gasteiger partial charge in [-0.3, -0.25) is 0 Å². The van der Waals surface area contributed by atoms with Crippen LogP contribution in [0.15, 0.2) is 36.5 Å². The maximum absolute atomic E-state index is 5.95. The summed E-state index contributed by atoms with van der Waals surface area (Å²) in [4.78, 5) is 4.05. The molecule has 0 aliphatic carbocycles. The van der Waals surface area contributed by atoms with E-state index in [0.29, 0.717) is 22.3 Å². The molecule has 0 saturated heterocycles. The van der Waals surface area contributed by atoms with E-state index in [-0.39, 0.29) is 0 Å². The highest BCUT2D eigenvalue weighted by Crippen LogP contribution is 2.29. The van der Waals surface area contributed by atoms with Crippen molar-refractivity contribution < 1.29 is 4.74 Å². The maximum atomic E-state index is 5.95. The number of nitrogens with zero attached hydrogens (tertiary/aromatic N) is 1. The molecule has 0 fully saturated rings. The van der Waals surface area contributed by atoms with Crippen LogP contribution in [0.4, 0.5) is 5.69 Å². The van der Waals surface area contributed by atoms with Crippen LogP contribution in [0.5, 0.6) is 11.6 Å². The Labute approximate surface area is 98.8 Å². The molecule has 0 atom stereocenters. The first-order chi connectivity index (χ1) is 7.66. The molecule has 0 amide bonds. The van der Waals surface area contributed by atoms with Gasteiger partial charge in [-0.2, -0.15) is 0 Å². The fourth-order valence-electron chi connectivity index (χ4n) is 1.34. The summed E-state index contributed by atoms with van der Waals surface area (Å²) >= 11 is 5.95. The Morgan fingerprint density at radius 3 is 2.81 bits per heavy atom. The first-order valence-corrected chi connectivity index (χ1v) is 5.19. The molecule has 0 unspecified atom stereocenters. The normalized spacial score (nSPS) is 10.1. The number of hydrogen-bond donors (Lipinski definition) is 1. The second-order valence-electron chi connectivity index (χ2n) is 3.42. The summed E-state index contributed by atoms with van der Waals surface area (Å²) in [6.45, 7) is 1.92. The van der Waals surface area contributed by atoms with Crippen LogP contribution in [-0.4, -0.2) is 4.98 Å². The predicted molar refractivity (Wildman–Crippen MR) is 64.9 cm³/mol. The first-order valence-electron chi connectivity index (χ1n) is 4.81. The molecule has 2 aromatic rings. The van der Waals surface area contributed by atoms with Gasteiger partial charge in [0.05, 0.1) is 0 Å². The van der Waals surface area contributed by atoms with E-state index in [1.165, 1.54) is 0 Å². The maximum Gasteiger partial charge on any atom is 0.238 e. The van der Waals surface area contributed by atoms with Crippen LogP contribution in [-0.2, 0) is 0 Å². The molecule has 0 bridgehead atoms. The van der Waals surface area contributed by atoms with E-state index in [4.69, 9.17) is 22.1 Å². The standard InChI is InChI=1S/C12H11ClN2O/c1-8-7-9(14)4-5-11(8)16-12-10(13)3-2-6-15-12/h2-7H,14H2,1H3. The van der Waals surface area contributed by atoms with Crippen molar-refractivity contribution in [1.29, 1.82) is 0 Å². The van der Waals surface area contributed by atoms with Gasteiger partial charge in [0.1, 0.15) is 10.8 Å². The lowest BCUT2D eigenvalue weighted by atomic mass is 10.2. The van der Waals surface area contributed by atoms with Gasteiger partial charge in [-0.1, -0.05) is 11.6 Å². The SMILES string of the molecule is Cc1cc(N)ccc1Oc1ncccc1Cl. The molecule has 1 heterocycles. The Bertz CT molecular complexity index is 514. The number of aromatic nitrogens is 1. The molecule has 2 N–H and O–H groups in total. The zero-order valence-electron chi connectivity index (χ0n) is 8.77. The van der Waals surface area contributed by atoms with Crippen molar-refractivity contribution >= 4 is 17.3 Å². The lowest BCUT2D eigenvalue weighted by Crippen LogP contribution is -1.92. The summed E-state index contributed by atoms with van der Waals surface area (Å²) in [7, 11) is 0. The van der Waals surface area contributed by atoms with E-state index in [1.807, 2.05) is 13.0 Å². The molecule has 0 aliphatic rings. The van der Waals surface area contributed by atoms with Gasteiger partial charge in [0.2, 0.25) is 5.88 Å². The molecule has 0 spiro atoms. The van der Waals surface area contributed by atoms with E-state index in [0.717, 1.165) is 5.56 Å². The number of rotatable bonds is 2. The van der Waals surface area contributed by atoms with Crippen LogP contribution in [0.25, 0.3) is 0 Å². The first kappa shape index (κ1) is 10.8. The van der Waals surface area contributed by atoms with Crippen molar-refractivity contribution in [1.82, 2.24) is 4.98 Å². The topological polar surface area (TPSA) is 48.1 Å². The third kappa shape index (κ3) is 2.25. The molecule has 4 heteroatoms.